The second kappa shape index (κ2) is 6.08. The fraction of sp³-hybridized carbons (Fsp3) is 0.154. The van der Waals surface area contributed by atoms with Gasteiger partial charge >= 0.3 is 0 Å². The molecule has 0 bridgehead atoms. The fourth-order valence-electron chi connectivity index (χ4n) is 1.56. The Morgan fingerprint density at radius 1 is 1.21 bits per heavy atom. The van der Waals surface area contributed by atoms with Gasteiger partial charge in [-0.3, -0.25) is 4.98 Å². The number of nitrogens with two attached hydrogens (primary N) is 1. The van der Waals surface area contributed by atoms with Crippen LogP contribution in [0.4, 0.5) is 8.78 Å². The van der Waals surface area contributed by atoms with Crippen molar-refractivity contribution < 1.29 is 13.5 Å². The van der Waals surface area contributed by atoms with Crippen molar-refractivity contribution in [3.05, 3.63) is 52.3 Å². The summed E-state index contributed by atoms with van der Waals surface area (Å²) < 4.78 is 32.5. The molecule has 1 aromatic heterocycles. The fourth-order valence-corrected chi connectivity index (χ4v) is 1.97. The van der Waals surface area contributed by atoms with Crippen LogP contribution in [0.25, 0.3) is 0 Å². The highest BCUT2D eigenvalue weighted by molar-refractivity contribution is 9.10. The molecule has 3 nitrogen and oxygen atoms in total. The SMILES string of the molecule is NCCc1cncc(Oc2cc(Br)cc(F)c2F)c1. The average Bonchev–Trinajstić information content (AvgIpc) is 2.36. The lowest BCUT2D eigenvalue weighted by Crippen LogP contribution is -2.03. The molecule has 0 amide bonds. The summed E-state index contributed by atoms with van der Waals surface area (Å²) in [5, 5.41) is 0. The van der Waals surface area contributed by atoms with Gasteiger partial charge in [-0.1, -0.05) is 15.9 Å². The number of aromatic nitrogens is 1. The second-order valence-corrected chi connectivity index (χ2v) is 4.79. The lowest BCUT2D eigenvalue weighted by atomic mass is 10.2. The predicted molar refractivity (Wildman–Crippen MR) is 71.1 cm³/mol. The molecule has 0 aliphatic carbocycles. The summed E-state index contributed by atoms with van der Waals surface area (Å²) in [4.78, 5) is 3.97. The Hall–Kier alpha value is -1.53. The topological polar surface area (TPSA) is 48.1 Å². The normalized spacial score (nSPS) is 10.5. The Kier molecular flexibility index (Phi) is 4.44. The maximum atomic E-state index is 13.6. The van der Waals surface area contributed by atoms with Crippen LogP contribution in [-0.2, 0) is 6.42 Å². The molecule has 1 aromatic carbocycles. The third kappa shape index (κ3) is 3.48. The zero-order valence-corrected chi connectivity index (χ0v) is 11.5. The van der Waals surface area contributed by atoms with E-state index in [9.17, 15) is 8.78 Å². The average molecular weight is 329 g/mol. The molecular weight excluding hydrogens is 318 g/mol. The van der Waals surface area contributed by atoms with Gasteiger partial charge in [0.1, 0.15) is 5.75 Å². The minimum absolute atomic E-state index is 0.196. The van der Waals surface area contributed by atoms with Gasteiger partial charge in [0.15, 0.2) is 11.6 Å². The Morgan fingerprint density at radius 3 is 2.74 bits per heavy atom. The van der Waals surface area contributed by atoms with Gasteiger partial charge < -0.3 is 10.5 Å². The zero-order valence-electron chi connectivity index (χ0n) is 9.87. The van der Waals surface area contributed by atoms with E-state index in [0.717, 1.165) is 11.6 Å². The van der Waals surface area contributed by atoms with E-state index < -0.39 is 11.6 Å². The van der Waals surface area contributed by atoms with Crippen molar-refractivity contribution in [2.45, 2.75) is 6.42 Å². The van der Waals surface area contributed by atoms with E-state index in [2.05, 4.69) is 20.9 Å². The van der Waals surface area contributed by atoms with E-state index in [4.69, 9.17) is 10.5 Å². The highest BCUT2D eigenvalue weighted by Crippen LogP contribution is 2.29. The monoisotopic (exact) mass is 328 g/mol. The lowest BCUT2D eigenvalue weighted by molar-refractivity contribution is 0.414. The summed E-state index contributed by atoms with van der Waals surface area (Å²) in [7, 11) is 0. The van der Waals surface area contributed by atoms with E-state index in [0.29, 0.717) is 23.2 Å². The van der Waals surface area contributed by atoms with Crippen molar-refractivity contribution in [2.24, 2.45) is 5.73 Å². The van der Waals surface area contributed by atoms with Crippen LogP contribution >= 0.6 is 15.9 Å². The van der Waals surface area contributed by atoms with Crippen LogP contribution in [0.3, 0.4) is 0 Å². The molecule has 6 heteroatoms. The van der Waals surface area contributed by atoms with Crippen LogP contribution in [0, 0.1) is 11.6 Å². The van der Waals surface area contributed by atoms with Crippen molar-refractivity contribution in [3.8, 4) is 11.5 Å². The van der Waals surface area contributed by atoms with Crippen LogP contribution in [0.15, 0.2) is 35.1 Å². The van der Waals surface area contributed by atoms with Crippen LogP contribution in [0.5, 0.6) is 11.5 Å². The molecule has 100 valence electrons. The van der Waals surface area contributed by atoms with E-state index >= 15 is 0 Å². The zero-order chi connectivity index (χ0) is 13.8. The predicted octanol–water partition coefficient (Wildman–Crippen LogP) is 3.42. The summed E-state index contributed by atoms with van der Waals surface area (Å²) in [5.74, 6) is -1.87. The molecule has 0 atom stereocenters. The molecule has 0 saturated heterocycles. The van der Waals surface area contributed by atoms with Crippen molar-refractivity contribution in [2.75, 3.05) is 6.54 Å². The number of nitrogens with zero attached hydrogens (tertiary/aromatic N) is 1. The third-order valence-electron chi connectivity index (χ3n) is 2.39. The summed E-state index contributed by atoms with van der Waals surface area (Å²) in [5.41, 5.74) is 6.31. The maximum Gasteiger partial charge on any atom is 0.201 e. The van der Waals surface area contributed by atoms with Crippen LogP contribution < -0.4 is 10.5 Å². The van der Waals surface area contributed by atoms with Crippen LogP contribution in [-0.4, -0.2) is 11.5 Å². The molecular formula is C13H11BrF2N2O. The molecule has 0 saturated carbocycles. The quantitative estimate of drug-likeness (QED) is 0.875. The molecule has 0 radical (unpaired) electrons. The number of rotatable bonds is 4. The Labute approximate surface area is 117 Å². The summed E-state index contributed by atoms with van der Waals surface area (Å²) >= 11 is 3.08. The summed E-state index contributed by atoms with van der Waals surface area (Å²) in [6, 6.07) is 4.08. The van der Waals surface area contributed by atoms with E-state index in [1.54, 1.807) is 12.3 Å². The lowest BCUT2D eigenvalue weighted by Gasteiger charge is -2.08. The smallest absolute Gasteiger partial charge is 0.201 e. The molecule has 0 spiro atoms. The van der Waals surface area contributed by atoms with Gasteiger partial charge in [-0.2, -0.15) is 4.39 Å². The van der Waals surface area contributed by atoms with Crippen molar-refractivity contribution >= 4 is 15.9 Å². The summed E-state index contributed by atoms with van der Waals surface area (Å²) in [6.45, 7) is 0.477. The standard InChI is InChI=1S/C13H11BrF2N2O/c14-9-4-11(15)13(16)12(5-9)19-10-3-8(1-2-17)6-18-7-10/h3-7H,1-2,17H2. The minimum atomic E-state index is -1.03. The molecule has 0 unspecified atom stereocenters. The van der Waals surface area contributed by atoms with Gasteiger partial charge in [0.25, 0.3) is 0 Å². The van der Waals surface area contributed by atoms with Gasteiger partial charge in [0, 0.05) is 10.7 Å². The first-order valence-electron chi connectivity index (χ1n) is 5.56. The number of halogens is 3. The molecule has 0 fully saturated rings. The van der Waals surface area contributed by atoms with Gasteiger partial charge in [-0.15, -0.1) is 0 Å². The molecule has 19 heavy (non-hydrogen) atoms. The number of benzene rings is 1. The molecule has 2 aromatic rings. The second-order valence-electron chi connectivity index (χ2n) is 3.87. The van der Waals surface area contributed by atoms with Gasteiger partial charge in [-0.25, -0.2) is 4.39 Å². The van der Waals surface area contributed by atoms with Crippen molar-refractivity contribution in [1.29, 1.82) is 0 Å². The Morgan fingerprint density at radius 2 is 2.00 bits per heavy atom. The van der Waals surface area contributed by atoms with Crippen LogP contribution in [0.1, 0.15) is 5.56 Å². The third-order valence-corrected chi connectivity index (χ3v) is 2.85. The van der Waals surface area contributed by atoms with E-state index in [1.165, 1.54) is 12.3 Å². The van der Waals surface area contributed by atoms with E-state index in [-0.39, 0.29) is 5.75 Å². The molecule has 2 rings (SSSR count). The number of ether oxygens (including phenoxy) is 1. The highest BCUT2D eigenvalue weighted by atomic mass is 79.9. The molecule has 0 aliphatic heterocycles. The van der Waals surface area contributed by atoms with Gasteiger partial charge in [0.2, 0.25) is 5.82 Å². The molecule has 1 heterocycles. The van der Waals surface area contributed by atoms with Gasteiger partial charge in [0.05, 0.1) is 6.20 Å². The highest BCUT2D eigenvalue weighted by Gasteiger charge is 2.12. The first kappa shape index (κ1) is 13.9. The van der Waals surface area contributed by atoms with Gasteiger partial charge in [-0.05, 0) is 36.7 Å². The Bertz CT molecular complexity index is 593. The molecule has 0 aliphatic rings. The number of hydrogen-bond donors (Lipinski definition) is 1. The van der Waals surface area contributed by atoms with Crippen molar-refractivity contribution in [3.63, 3.8) is 0 Å². The first-order valence-corrected chi connectivity index (χ1v) is 6.36. The largest absolute Gasteiger partial charge is 0.452 e. The van der Waals surface area contributed by atoms with Crippen LogP contribution in [0.2, 0.25) is 0 Å². The Balaban J connectivity index is 2.28. The van der Waals surface area contributed by atoms with E-state index in [1.807, 2.05) is 0 Å². The first-order chi connectivity index (χ1) is 9.10. The summed E-state index contributed by atoms with van der Waals surface area (Å²) in [6.07, 6.45) is 3.72. The van der Waals surface area contributed by atoms with Crippen molar-refractivity contribution in [1.82, 2.24) is 4.98 Å². The maximum absolute atomic E-state index is 13.6. The number of hydrogen-bond acceptors (Lipinski definition) is 3. The number of pyridine rings is 1. The minimum Gasteiger partial charge on any atom is -0.452 e. The molecule has 2 N–H and O–H groups in total.